The van der Waals surface area contributed by atoms with E-state index in [1.54, 1.807) is 30.3 Å². The molecule has 6 aliphatic rings. The van der Waals surface area contributed by atoms with Crippen molar-refractivity contribution in [3.05, 3.63) is 60.2 Å². The summed E-state index contributed by atoms with van der Waals surface area (Å²) in [4.78, 5) is 81.4. The van der Waals surface area contributed by atoms with Crippen molar-refractivity contribution in [1.82, 2.24) is 9.80 Å². The van der Waals surface area contributed by atoms with Gasteiger partial charge in [-0.25, -0.2) is 4.79 Å². The number of nitrogens with zero attached hydrogens (tertiary/aromatic N) is 2. The first-order valence-electron chi connectivity index (χ1n) is 14.7. The molecule has 2 saturated carbocycles. The lowest BCUT2D eigenvalue weighted by molar-refractivity contribution is -0.159. The average Bonchev–Trinajstić information content (AvgIpc) is 3.83. The highest BCUT2D eigenvalue weighted by Gasteiger charge is 2.61. The van der Waals surface area contributed by atoms with E-state index in [-0.39, 0.29) is 77.9 Å². The predicted molar refractivity (Wildman–Crippen MR) is 143 cm³/mol. The van der Waals surface area contributed by atoms with Crippen LogP contribution in [0.3, 0.4) is 0 Å². The molecule has 0 spiro atoms. The Balaban J connectivity index is 1.02. The number of unbranched alkanes of at least 4 members (excludes halogenated alkanes) is 1. The summed E-state index contributed by atoms with van der Waals surface area (Å²) in [5.41, 5.74) is 0.399. The second-order valence-electron chi connectivity index (χ2n) is 12.3. The molecule has 1 aromatic carbocycles. The molecule has 4 amide bonds. The van der Waals surface area contributed by atoms with E-state index in [4.69, 9.17) is 4.74 Å². The van der Waals surface area contributed by atoms with Crippen LogP contribution in [0.4, 0.5) is 0 Å². The molecule has 9 heteroatoms. The van der Waals surface area contributed by atoms with Gasteiger partial charge in [0, 0.05) is 12.1 Å². The van der Waals surface area contributed by atoms with Crippen LogP contribution in [0.15, 0.2) is 54.6 Å². The Labute approximate surface area is 237 Å². The number of likely N-dealkylation sites (tertiary alicyclic amines) is 2. The minimum absolute atomic E-state index is 0.000736. The molecule has 9 nitrogen and oxygen atoms in total. The standard InChI is InChI=1S/C32H32N2O7/c35-23(17-6-2-1-3-7-17)16-41-32(40)22(34-30(38)26-20-11-12-21(15-20)27(26)31(34)39)8-4-5-13-33-28(36)24-18-9-10-19(14-18)25(24)29(33)37/h1-3,6-7,9-12,18-22,24-27H,4-5,8,13-16H2/t18-,19-,20-,21-,22-,24-,25+,26-,27+/m0/s1. The Bertz CT molecular complexity index is 1340. The van der Waals surface area contributed by atoms with Crippen LogP contribution in [0.25, 0.3) is 0 Å². The third kappa shape index (κ3) is 4.03. The molecule has 0 radical (unpaired) electrons. The summed E-state index contributed by atoms with van der Waals surface area (Å²) in [6.45, 7) is -0.259. The molecular weight excluding hydrogens is 524 g/mol. The molecule has 41 heavy (non-hydrogen) atoms. The first kappa shape index (κ1) is 26.0. The molecule has 1 aromatic rings. The summed E-state index contributed by atoms with van der Waals surface area (Å²) >= 11 is 0. The van der Waals surface area contributed by atoms with Gasteiger partial charge in [0.05, 0.1) is 23.7 Å². The number of rotatable bonds is 10. The highest BCUT2D eigenvalue weighted by molar-refractivity contribution is 6.09. The third-order valence-corrected chi connectivity index (χ3v) is 10.2. The lowest BCUT2D eigenvalue weighted by atomic mass is 9.85. The summed E-state index contributed by atoms with van der Waals surface area (Å²) in [6, 6.07) is 7.30. The maximum absolute atomic E-state index is 13.5. The van der Waals surface area contributed by atoms with E-state index in [9.17, 15) is 28.8 Å². The number of ether oxygens (including phenoxy) is 1. The van der Waals surface area contributed by atoms with Gasteiger partial charge < -0.3 is 4.74 Å². The number of hydrogen-bond donors (Lipinski definition) is 0. The number of amides is 4. The van der Waals surface area contributed by atoms with E-state index in [0.717, 1.165) is 17.7 Å². The van der Waals surface area contributed by atoms with Gasteiger partial charge in [-0.15, -0.1) is 0 Å². The molecule has 2 heterocycles. The second-order valence-corrected chi connectivity index (χ2v) is 12.3. The van der Waals surface area contributed by atoms with Crippen molar-refractivity contribution in [3.63, 3.8) is 0 Å². The Hall–Kier alpha value is -3.88. The van der Waals surface area contributed by atoms with E-state index >= 15 is 0 Å². The molecule has 0 aromatic heterocycles. The smallest absolute Gasteiger partial charge is 0.329 e. The number of fused-ring (bicyclic) bond motifs is 10. The first-order chi connectivity index (χ1) is 19.8. The fraction of sp³-hybridized carbons (Fsp3) is 0.500. The van der Waals surface area contributed by atoms with E-state index in [0.29, 0.717) is 18.4 Å². The number of benzene rings is 1. The summed E-state index contributed by atoms with van der Waals surface area (Å²) in [7, 11) is 0. The van der Waals surface area contributed by atoms with E-state index in [2.05, 4.69) is 12.2 Å². The topological polar surface area (TPSA) is 118 Å². The van der Waals surface area contributed by atoms with E-state index in [1.165, 1.54) is 4.90 Å². The van der Waals surface area contributed by atoms with Crippen molar-refractivity contribution < 1.29 is 33.5 Å². The SMILES string of the molecule is O=C(COC(=O)[C@H](CCCCN1C(=O)[C@@H]2[C@H](C1=O)[C@H]1C=C[C@H]2C1)N1C(=O)[C@@H]2[C@H](C1=O)[C@H]1C=C[C@H]2C1)c1ccccc1. The van der Waals surface area contributed by atoms with Gasteiger partial charge in [0.2, 0.25) is 23.6 Å². The van der Waals surface area contributed by atoms with Gasteiger partial charge in [-0.05, 0) is 55.8 Å². The van der Waals surface area contributed by atoms with Crippen molar-refractivity contribution in [3.8, 4) is 0 Å². The Morgan fingerprint density at radius 3 is 1.78 bits per heavy atom. The average molecular weight is 557 g/mol. The number of imide groups is 2. The number of carbonyl (C=O) groups is 6. The zero-order valence-electron chi connectivity index (χ0n) is 22.6. The molecule has 4 bridgehead atoms. The van der Waals surface area contributed by atoms with Gasteiger partial charge >= 0.3 is 5.97 Å². The van der Waals surface area contributed by atoms with Crippen molar-refractivity contribution >= 4 is 35.4 Å². The number of hydrogen-bond acceptors (Lipinski definition) is 7. The van der Waals surface area contributed by atoms with Crippen molar-refractivity contribution in [2.24, 2.45) is 47.3 Å². The molecule has 2 aliphatic heterocycles. The quantitative estimate of drug-likeness (QED) is 0.143. The van der Waals surface area contributed by atoms with Gasteiger partial charge in [0.25, 0.3) is 0 Å². The molecule has 0 N–H and O–H groups in total. The van der Waals surface area contributed by atoms with Crippen molar-refractivity contribution in [2.45, 2.75) is 38.1 Å². The maximum atomic E-state index is 13.5. The molecule has 9 atom stereocenters. The largest absolute Gasteiger partial charge is 0.456 e. The predicted octanol–water partition coefficient (Wildman–Crippen LogP) is 2.57. The van der Waals surface area contributed by atoms with Crippen LogP contribution in [0.1, 0.15) is 42.5 Å². The lowest BCUT2D eigenvalue weighted by Gasteiger charge is -2.26. The molecule has 2 saturated heterocycles. The van der Waals surface area contributed by atoms with Gasteiger partial charge in [-0.3, -0.25) is 33.8 Å². The highest BCUT2D eigenvalue weighted by Crippen LogP contribution is 2.54. The van der Waals surface area contributed by atoms with Crippen molar-refractivity contribution in [1.29, 1.82) is 0 Å². The normalized spacial score (nSPS) is 34.6. The zero-order valence-corrected chi connectivity index (χ0v) is 22.6. The van der Waals surface area contributed by atoms with E-state index in [1.807, 2.05) is 12.2 Å². The molecule has 0 unspecified atom stereocenters. The minimum atomic E-state index is -1.16. The van der Waals surface area contributed by atoms with Gasteiger partial charge in [0.1, 0.15) is 6.04 Å². The van der Waals surface area contributed by atoms with Gasteiger partial charge in [0.15, 0.2) is 12.4 Å². The molecule has 4 fully saturated rings. The monoisotopic (exact) mass is 556 g/mol. The van der Waals surface area contributed by atoms with Crippen LogP contribution in [0.5, 0.6) is 0 Å². The maximum Gasteiger partial charge on any atom is 0.329 e. The van der Waals surface area contributed by atoms with Gasteiger partial charge in [-0.2, -0.15) is 0 Å². The fourth-order valence-corrected chi connectivity index (χ4v) is 8.32. The number of carbonyl (C=O) groups excluding carboxylic acids is 6. The van der Waals surface area contributed by atoms with Gasteiger partial charge in [-0.1, -0.05) is 54.6 Å². The van der Waals surface area contributed by atoms with Crippen LogP contribution in [0, 0.1) is 47.3 Å². The number of ketones is 1. The molecule has 212 valence electrons. The van der Waals surface area contributed by atoms with Crippen LogP contribution in [-0.4, -0.2) is 64.4 Å². The summed E-state index contributed by atoms with van der Waals surface area (Å²) in [6.07, 6.45) is 10.7. The Morgan fingerprint density at radius 1 is 0.732 bits per heavy atom. The van der Waals surface area contributed by atoms with Crippen LogP contribution in [-0.2, 0) is 28.7 Å². The second kappa shape index (κ2) is 9.89. The van der Waals surface area contributed by atoms with Crippen LogP contribution < -0.4 is 0 Å². The summed E-state index contributed by atoms with van der Waals surface area (Å²) in [5, 5.41) is 0. The van der Waals surface area contributed by atoms with Crippen LogP contribution >= 0.6 is 0 Å². The molecular formula is C32H32N2O7. The summed E-state index contributed by atoms with van der Waals surface area (Å²) in [5.74, 6) is -3.26. The number of Topliss-reactive ketones (excluding diaryl/α,β-unsaturated/α-hetero) is 1. The Morgan fingerprint density at radius 2 is 1.24 bits per heavy atom. The fourth-order valence-electron chi connectivity index (χ4n) is 8.32. The highest BCUT2D eigenvalue weighted by atomic mass is 16.5. The lowest BCUT2D eigenvalue weighted by Crippen LogP contribution is -2.47. The third-order valence-electron chi connectivity index (χ3n) is 10.2. The number of esters is 1. The number of allylic oxidation sites excluding steroid dienone is 4. The van der Waals surface area contributed by atoms with Crippen LogP contribution in [0.2, 0.25) is 0 Å². The summed E-state index contributed by atoms with van der Waals surface area (Å²) < 4.78 is 5.39. The Kier molecular flexibility index (Phi) is 6.28. The first-order valence-corrected chi connectivity index (χ1v) is 14.7. The molecule has 7 rings (SSSR count). The molecule has 4 aliphatic carbocycles. The minimum Gasteiger partial charge on any atom is -0.456 e. The van der Waals surface area contributed by atoms with E-state index < -0.39 is 30.5 Å². The zero-order chi connectivity index (χ0) is 28.4. The van der Waals surface area contributed by atoms with Crippen molar-refractivity contribution in [2.75, 3.05) is 13.2 Å².